The molecule has 1 atom stereocenters. The molecule has 2 N–H and O–H groups in total. The summed E-state index contributed by atoms with van der Waals surface area (Å²) < 4.78 is 5.62. The van der Waals surface area contributed by atoms with Crippen molar-refractivity contribution < 1.29 is 14.0 Å². The van der Waals surface area contributed by atoms with Gasteiger partial charge in [0.25, 0.3) is 5.91 Å². The van der Waals surface area contributed by atoms with E-state index in [0.717, 1.165) is 24.0 Å². The fourth-order valence-corrected chi connectivity index (χ4v) is 5.26. The number of benzene rings is 2. The number of fused-ring (bicyclic) bond motifs is 1. The van der Waals surface area contributed by atoms with Crippen LogP contribution in [0.4, 0.5) is 5.69 Å². The maximum absolute atomic E-state index is 12.6. The van der Waals surface area contributed by atoms with Gasteiger partial charge in [-0.2, -0.15) is 0 Å². The van der Waals surface area contributed by atoms with Gasteiger partial charge in [-0.05, 0) is 67.2 Å². The van der Waals surface area contributed by atoms with Crippen LogP contribution in [0.3, 0.4) is 0 Å². The average Bonchev–Trinajstić information content (AvgIpc) is 3.62. The molecule has 174 valence electrons. The zero-order chi connectivity index (χ0) is 23.3. The number of furan rings is 1. The number of carbonyl (C=O) groups excluding carboxylic acids is 2. The van der Waals surface area contributed by atoms with E-state index in [2.05, 4.69) is 33.0 Å². The number of likely N-dealkylation sites (tertiary alicyclic amines) is 1. The summed E-state index contributed by atoms with van der Waals surface area (Å²) in [5, 5.41) is 8.95. The fourth-order valence-electron chi connectivity index (χ4n) is 4.39. The molecule has 3 heterocycles. The molecule has 2 aromatic carbocycles. The van der Waals surface area contributed by atoms with Gasteiger partial charge < -0.3 is 15.1 Å². The normalized spacial score (nSPS) is 14.8. The Balaban J connectivity index is 1.15. The predicted octanol–water partition coefficient (Wildman–Crippen LogP) is 5.24. The van der Waals surface area contributed by atoms with Crippen molar-refractivity contribution in [2.45, 2.75) is 25.3 Å². The second-order valence-corrected chi connectivity index (χ2v) is 9.53. The van der Waals surface area contributed by atoms with E-state index < -0.39 is 0 Å². The van der Waals surface area contributed by atoms with Crippen LogP contribution in [0.5, 0.6) is 0 Å². The van der Waals surface area contributed by atoms with Crippen LogP contribution in [0.1, 0.15) is 39.9 Å². The molecular weight excluding hydrogens is 446 g/mol. The van der Waals surface area contributed by atoms with Crippen molar-refractivity contribution in [3.8, 4) is 0 Å². The van der Waals surface area contributed by atoms with Crippen LogP contribution in [0.2, 0.25) is 0 Å². The van der Waals surface area contributed by atoms with Gasteiger partial charge in [0.15, 0.2) is 5.76 Å². The van der Waals surface area contributed by atoms with Gasteiger partial charge in [-0.25, -0.2) is 0 Å². The fraction of sp³-hybridized carbons (Fsp3) is 0.259. The summed E-state index contributed by atoms with van der Waals surface area (Å²) in [5.41, 5.74) is 2.23. The van der Waals surface area contributed by atoms with E-state index in [9.17, 15) is 9.59 Å². The molecule has 0 radical (unpaired) electrons. The topological polar surface area (TPSA) is 74.6 Å². The molecule has 1 unspecified atom stereocenters. The van der Waals surface area contributed by atoms with E-state index >= 15 is 0 Å². The molecule has 6 nitrogen and oxygen atoms in total. The lowest BCUT2D eigenvalue weighted by Crippen LogP contribution is -2.37. The molecule has 2 aromatic heterocycles. The summed E-state index contributed by atoms with van der Waals surface area (Å²) in [6, 6.07) is 21.1. The first kappa shape index (κ1) is 22.4. The van der Waals surface area contributed by atoms with Crippen LogP contribution in [-0.2, 0) is 11.2 Å². The molecule has 5 rings (SSSR count). The predicted molar refractivity (Wildman–Crippen MR) is 135 cm³/mol. The van der Waals surface area contributed by atoms with E-state index in [0.29, 0.717) is 24.2 Å². The number of thiophene rings is 1. The van der Waals surface area contributed by atoms with Crippen LogP contribution in [0.25, 0.3) is 11.0 Å². The lowest BCUT2D eigenvalue weighted by Gasteiger charge is -2.27. The smallest absolute Gasteiger partial charge is 0.291 e. The van der Waals surface area contributed by atoms with Gasteiger partial charge in [0.05, 0.1) is 12.5 Å². The van der Waals surface area contributed by atoms with Gasteiger partial charge in [-0.15, -0.1) is 11.3 Å². The largest absolute Gasteiger partial charge is 0.451 e. The molecule has 7 heteroatoms. The highest BCUT2D eigenvalue weighted by Gasteiger charge is 2.24. The molecule has 0 bridgehead atoms. The van der Waals surface area contributed by atoms with Crippen molar-refractivity contribution in [3.05, 3.63) is 88.3 Å². The summed E-state index contributed by atoms with van der Waals surface area (Å²) >= 11 is 1.75. The number of hydrogen-bond donors (Lipinski definition) is 2. The minimum absolute atomic E-state index is 0.000172. The summed E-state index contributed by atoms with van der Waals surface area (Å²) in [7, 11) is 0. The molecule has 1 aliphatic rings. The highest BCUT2D eigenvalue weighted by Crippen LogP contribution is 2.28. The second kappa shape index (κ2) is 10.2. The monoisotopic (exact) mass is 473 g/mol. The standard InChI is InChI=1S/C27H27N3O3S/c31-26(28-18-22(25-8-5-15-34-25)30-13-3-4-14-30)16-19-9-11-21(12-10-19)29-27(32)24-17-20-6-1-2-7-23(20)33-24/h1-2,5-12,15,17,22H,3-4,13-14,16,18H2,(H,28,31)(H,29,32). The third kappa shape index (κ3) is 5.21. The number of hydrogen-bond acceptors (Lipinski definition) is 5. The van der Waals surface area contributed by atoms with Crippen molar-refractivity contribution in [3.63, 3.8) is 0 Å². The number of para-hydroxylation sites is 1. The number of nitrogens with one attached hydrogen (secondary N) is 2. The second-order valence-electron chi connectivity index (χ2n) is 8.55. The molecule has 0 saturated carbocycles. The van der Waals surface area contributed by atoms with Crippen LogP contribution in [0, 0.1) is 0 Å². The molecule has 34 heavy (non-hydrogen) atoms. The van der Waals surface area contributed by atoms with Crippen molar-refractivity contribution >= 4 is 39.8 Å². The molecule has 1 saturated heterocycles. The maximum Gasteiger partial charge on any atom is 0.291 e. The number of anilines is 1. The zero-order valence-corrected chi connectivity index (χ0v) is 19.6. The van der Waals surface area contributed by atoms with E-state index in [4.69, 9.17) is 4.42 Å². The van der Waals surface area contributed by atoms with Crippen molar-refractivity contribution in [2.24, 2.45) is 0 Å². The first-order valence-corrected chi connectivity index (χ1v) is 12.5. The molecule has 0 aliphatic carbocycles. The first-order chi connectivity index (χ1) is 16.7. The summed E-state index contributed by atoms with van der Waals surface area (Å²) in [5.74, 6) is -0.0361. The SMILES string of the molecule is O=C(Cc1ccc(NC(=O)c2cc3ccccc3o2)cc1)NCC(c1cccs1)N1CCCC1. The zero-order valence-electron chi connectivity index (χ0n) is 18.8. The minimum Gasteiger partial charge on any atom is -0.451 e. The Hall–Kier alpha value is -3.42. The summed E-state index contributed by atoms with van der Waals surface area (Å²) in [6.45, 7) is 2.78. The van der Waals surface area contributed by atoms with E-state index in [1.165, 1.54) is 17.7 Å². The van der Waals surface area contributed by atoms with E-state index in [-0.39, 0.29) is 23.6 Å². The van der Waals surface area contributed by atoms with Gasteiger partial charge in [-0.3, -0.25) is 14.5 Å². The van der Waals surface area contributed by atoms with Crippen molar-refractivity contribution in [1.29, 1.82) is 0 Å². The highest BCUT2D eigenvalue weighted by molar-refractivity contribution is 7.10. The lowest BCUT2D eigenvalue weighted by atomic mass is 10.1. The molecule has 2 amide bonds. The Morgan fingerprint density at radius 3 is 2.53 bits per heavy atom. The Morgan fingerprint density at radius 1 is 1.00 bits per heavy atom. The van der Waals surface area contributed by atoms with E-state index in [1.807, 2.05) is 48.5 Å². The number of rotatable bonds is 8. The van der Waals surface area contributed by atoms with Gasteiger partial charge in [0, 0.05) is 22.5 Å². The maximum atomic E-state index is 12.6. The molecule has 4 aromatic rings. The Labute approximate surface area is 202 Å². The van der Waals surface area contributed by atoms with Gasteiger partial charge in [0.1, 0.15) is 5.58 Å². The Morgan fingerprint density at radius 2 is 1.79 bits per heavy atom. The Bertz CT molecular complexity index is 1230. The van der Waals surface area contributed by atoms with Crippen LogP contribution < -0.4 is 10.6 Å². The van der Waals surface area contributed by atoms with Crippen molar-refractivity contribution in [2.75, 3.05) is 25.0 Å². The van der Waals surface area contributed by atoms with Gasteiger partial charge >= 0.3 is 0 Å². The highest BCUT2D eigenvalue weighted by atomic mass is 32.1. The third-order valence-corrected chi connectivity index (χ3v) is 7.14. The lowest BCUT2D eigenvalue weighted by molar-refractivity contribution is -0.120. The quantitative estimate of drug-likeness (QED) is 0.367. The summed E-state index contributed by atoms with van der Waals surface area (Å²) in [4.78, 5) is 28.9. The van der Waals surface area contributed by atoms with Crippen LogP contribution in [-0.4, -0.2) is 36.3 Å². The first-order valence-electron chi connectivity index (χ1n) is 11.6. The third-order valence-electron chi connectivity index (χ3n) is 6.17. The molecule has 1 aliphatic heterocycles. The molecule has 0 spiro atoms. The Kier molecular flexibility index (Phi) is 6.74. The molecular formula is C27H27N3O3S. The number of carbonyl (C=O) groups is 2. The van der Waals surface area contributed by atoms with Crippen LogP contribution >= 0.6 is 11.3 Å². The summed E-state index contributed by atoms with van der Waals surface area (Å²) in [6.07, 6.45) is 2.74. The average molecular weight is 474 g/mol. The number of nitrogens with zero attached hydrogens (tertiary/aromatic N) is 1. The van der Waals surface area contributed by atoms with Crippen molar-refractivity contribution in [1.82, 2.24) is 10.2 Å². The van der Waals surface area contributed by atoms with Gasteiger partial charge in [0.2, 0.25) is 5.91 Å². The van der Waals surface area contributed by atoms with E-state index in [1.54, 1.807) is 17.4 Å². The minimum atomic E-state index is -0.303. The van der Waals surface area contributed by atoms with Crippen LogP contribution in [0.15, 0.2) is 76.5 Å². The number of amides is 2. The molecule has 1 fully saturated rings. The van der Waals surface area contributed by atoms with Gasteiger partial charge in [-0.1, -0.05) is 36.4 Å².